The Labute approximate surface area is 162 Å². The number of nitrogens with zero attached hydrogens (tertiary/aromatic N) is 4. The van der Waals surface area contributed by atoms with Crippen LogP contribution in [0.15, 0.2) is 24.3 Å². The number of ether oxygens (including phenoxy) is 1. The van der Waals surface area contributed by atoms with Gasteiger partial charge in [0.05, 0.1) is 17.5 Å². The number of hydrogen-bond acceptors (Lipinski definition) is 6. The van der Waals surface area contributed by atoms with Gasteiger partial charge in [-0.15, -0.1) is 5.10 Å². The number of aromatic nitrogens is 3. The van der Waals surface area contributed by atoms with Crippen molar-refractivity contribution in [3.8, 4) is 11.4 Å². The summed E-state index contributed by atoms with van der Waals surface area (Å²) in [6.45, 7) is 5.95. The molecule has 0 bridgehead atoms. The van der Waals surface area contributed by atoms with Gasteiger partial charge in [0, 0.05) is 25.9 Å². The second-order valence-corrected chi connectivity index (χ2v) is 7.22. The molecular formula is C19H24N4O5. The highest BCUT2D eigenvalue weighted by molar-refractivity contribution is 5.93. The highest BCUT2D eigenvalue weighted by Crippen LogP contribution is 2.24. The summed E-state index contributed by atoms with van der Waals surface area (Å²) in [5.74, 6) is -0.838. The SMILES string of the molecule is Cc1c(C(=O)N2CCC(O)(C(=O)O)CC2)nnn1-c1ccc(OC(C)C)cc1. The molecule has 9 nitrogen and oxygen atoms in total. The minimum atomic E-state index is -1.77. The fourth-order valence-electron chi connectivity index (χ4n) is 3.15. The second-order valence-electron chi connectivity index (χ2n) is 7.22. The average molecular weight is 388 g/mol. The van der Waals surface area contributed by atoms with Gasteiger partial charge in [0.25, 0.3) is 5.91 Å². The molecule has 0 unspecified atom stereocenters. The quantitative estimate of drug-likeness (QED) is 0.795. The molecule has 1 aromatic heterocycles. The molecule has 1 aliphatic heterocycles. The normalized spacial score (nSPS) is 16.2. The molecule has 28 heavy (non-hydrogen) atoms. The Morgan fingerprint density at radius 2 is 1.79 bits per heavy atom. The maximum absolute atomic E-state index is 12.8. The lowest BCUT2D eigenvalue weighted by atomic mass is 9.91. The van der Waals surface area contributed by atoms with Crippen molar-refractivity contribution >= 4 is 11.9 Å². The van der Waals surface area contributed by atoms with Crippen molar-refractivity contribution < 1.29 is 24.5 Å². The van der Waals surface area contributed by atoms with Crippen LogP contribution in [-0.2, 0) is 4.79 Å². The lowest BCUT2D eigenvalue weighted by molar-refractivity contribution is -0.162. The number of hydrogen-bond donors (Lipinski definition) is 2. The summed E-state index contributed by atoms with van der Waals surface area (Å²) in [6, 6.07) is 7.33. The third kappa shape index (κ3) is 3.84. The summed E-state index contributed by atoms with van der Waals surface area (Å²) in [5, 5.41) is 27.2. The highest BCUT2D eigenvalue weighted by Gasteiger charge is 2.41. The van der Waals surface area contributed by atoms with Crippen molar-refractivity contribution in [3.05, 3.63) is 35.7 Å². The molecule has 0 radical (unpaired) electrons. The Morgan fingerprint density at radius 3 is 2.32 bits per heavy atom. The first-order chi connectivity index (χ1) is 13.2. The number of aliphatic hydroxyl groups is 1. The lowest BCUT2D eigenvalue weighted by Gasteiger charge is -2.35. The highest BCUT2D eigenvalue weighted by atomic mass is 16.5. The predicted octanol–water partition coefficient (Wildman–Crippen LogP) is 1.41. The number of carboxylic acid groups (broad SMARTS) is 1. The first kappa shape index (κ1) is 19.8. The molecule has 2 N–H and O–H groups in total. The van der Waals surface area contributed by atoms with Crippen LogP contribution in [0.25, 0.3) is 5.69 Å². The van der Waals surface area contributed by atoms with E-state index < -0.39 is 11.6 Å². The maximum atomic E-state index is 12.8. The fraction of sp³-hybridized carbons (Fsp3) is 0.474. The van der Waals surface area contributed by atoms with E-state index in [-0.39, 0.29) is 43.6 Å². The molecule has 2 heterocycles. The smallest absolute Gasteiger partial charge is 0.335 e. The Hall–Kier alpha value is -2.94. The van der Waals surface area contributed by atoms with Crippen LogP contribution in [0.1, 0.15) is 42.9 Å². The number of aliphatic carboxylic acids is 1. The zero-order valence-corrected chi connectivity index (χ0v) is 16.1. The van der Waals surface area contributed by atoms with Gasteiger partial charge >= 0.3 is 5.97 Å². The number of benzene rings is 1. The van der Waals surface area contributed by atoms with Crippen molar-refractivity contribution in [3.63, 3.8) is 0 Å². The Morgan fingerprint density at radius 1 is 1.18 bits per heavy atom. The van der Waals surface area contributed by atoms with Crippen molar-refractivity contribution in [1.82, 2.24) is 19.9 Å². The van der Waals surface area contributed by atoms with Crippen LogP contribution in [0.5, 0.6) is 5.75 Å². The molecule has 0 atom stereocenters. The molecule has 0 saturated carbocycles. The number of piperidine rings is 1. The molecular weight excluding hydrogens is 364 g/mol. The number of likely N-dealkylation sites (tertiary alicyclic amines) is 1. The van der Waals surface area contributed by atoms with E-state index in [0.717, 1.165) is 11.4 Å². The molecule has 3 rings (SSSR count). The molecule has 2 aromatic rings. The minimum Gasteiger partial charge on any atom is -0.491 e. The zero-order chi connectivity index (χ0) is 20.5. The average Bonchev–Trinajstić information content (AvgIpc) is 3.03. The summed E-state index contributed by atoms with van der Waals surface area (Å²) in [5.41, 5.74) is -0.229. The van der Waals surface area contributed by atoms with Crippen LogP contribution >= 0.6 is 0 Å². The van der Waals surface area contributed by atoms with E-state index in [1.165, 1.54) is 4.90 Å². The van der Waals surface area contributed by atoms with E-state index in [2.05, 4.69) is 10.3 Å². The molecule has 150 valence electrons. The summed E-state index contributed by atoms with van der Waals surface area (Å²) in [6.07, 6.45) is 0.0449. The van der Waals surface area contributed by atoms with Crippen LogP contribution in [0.3, 0.4) is 0 Å². The van der Waals surface area contributed by atoms with Gasteiger partial charge < -0.3 is 19.8 Å². The molecule has 1 fully saturated rings. The minimum absolute atomic E-state index is 0.0153. The lowest BCUT2D eigenvalue weighted by Crippen LogP contribution is -2.51. The van der Waals surface area contributed by atoms with Crippen LogP contribution in [0, 0.1) is 6.92 Å². The summed E-state index contributed by atoms with van der Waals surface area (Å²) >= 11 is 0. The largest absolute Gasteiger partial charge is 0.491 e. The molecule has 9 heteroatoms. The van der Waals surface area contributed by atoms with Crippen molar-refractivity contribution in [2.24, 2.45) is 0 Å². The molecule has 0 spiro atoms. The van der Waals surface area contributed by atoms with Gasteiger partial charge in [-0.25, -0.2) is 9.48 Å². The summed E-state index contributed by atoms with van der Waals surface area (Å²) < 4.78 is 7.20. The van der Waals surface area contributed by atoms with Crippen LogP contribution < -0.4 is 4.74 Å². The monoisotopic (exact) mass is 388 g/mol. The van der Waals surface area contributed by atoms with Gasteiger partial charge in [-0.2, -0.15) is 0 Å². The van der Waals surface area contributed by atoms with E-state index in [1.807, 2.05) is 38.1 Å². The predicted molar refractivity (Wildman–Crippen MR) is 99.6 cm³/mol. The first-order valence-corrected chi connectivity index (χ1v) is 9.16. The fourth-order valence-corrected chi connectivity index (χ4v) is 3.15. The summed E-state index contributed by atoms with van der Waals surface area (Å²) in [4.78, 5) is 25.4. The maximum Gasteiger partial charge on any atom is 0.335 e. The van der Waals surface area contributed by atoms with Gasteiger partial charge in [0.15, 0.2) is 11.3 Å². The standard InChI is InChI=1S/C19H24N4O5/c1-12(2)28-15-6-4-14(5-7-15)23-13(3)16(20-21-23)17(24)22-10-8-19(27,9-11-22)18(25)26/h4-7,12,27H,8-11H2,1-3H3,(H,25,26). The molecule has 1 saturated heterocycles. The van der Waals surface area contributed by atoms with Crippen molar-refractivity contribution in [1.29, 1.82) is 0 Å². The Balaban J connectivity index is 1.74. The molecule has 1 amide bonds. The number of carboxylic acids is 1. The van der Waals surface area contributed by atoms with E-state index in [1.54, 1.807) is 11.6 Å². The van der Waals surface area contributed by atoms with E-state index >= 15 is 0 Å². The Bertz CT molecular complexity index is 867. The number of carbonyl (C=O) groups excluding carboxylic acids is 1. The molecule has 1 aliphatic rings. The van der Waals surface area contributed by atoms with E-state index in [4.69, 9.17) is 9.84 Å². The number of rotatable bonds is 5. The first-order valence-electron chi connectivity index (χ1n) is 9.16. The van der Waals surface area contributed by atoms with Crippen molar-refractivity contribution in [2.75, 3.05) is 13.1 Å². The van der Waals surface area contributed by atoms with Gasteiger partial charge in [0.2, 0.25) is 0 Å². The topological polar surface area (TPSA) is 118 Å². The number of carbonyl (C=O) groups is 2. The van der Waals surface area contributed by atoms with E-state index in [0.29, 0.717) is 5.69 Å². The molecule has 1 aromatic carbocycles. The van der Waals surface area contributed by atoms with Crippen LogP contribution in [0.4, 0.5) is 0 Å². The number of amides is 1. The van der Waals surface area contributed by atoms with Gasteiger partial charge in [0.1, 0.15) is 5.75 Å². The van der Waals surface area contributed by atoms with Crippen LogP contribution in [-0.4, -0.2) is 66.8 Å². The van der Waals surface area contributed by atoms with Crippen molar-refractivity contribution in [2.45, 2.75) is 45.3 Å². The third-order valence-corrected chi connectivity index (χ3v) is 4.83. The van der Waals surface area contributed by atoms with E-state index in [9.17, 15) is 14.7 Å². The van der Waals surface area contributed by atoms with Gasteiger partial charge in [-0.3, -0.25) is 4.79 Å². The second kappa shape index (κ2) is 7.59. The van der Waals surface area contributed by atoms with Crippen LogP contribution in [0.2, 0.25) is 0 Å². The van der Waals surface area contributed by atoms with Gasteiger partial charge in [-0.05, 0) is 45.0 Å². The molecule has 0 aliphatic carbocycles. The summed E-state index contributed by atoms with van der Waals surface area (Å²) in [7, 11) is 0. The van der Waals surface area contributed by atoms with Gasteiger partial charge in [-0.1, -0.05) is 5.21 Å². The Kier molecular flexibility index (Phi) is 5.37. The third-order valence-electron chi connectivity index (χ3n) is 4.83. The zero-order valence-electron chi connectivity index (χ0n) is 16.1.